The molecule has 1 amide bonds. The van der Waals surface area contributed by atoms with Gasteiger partial charge >= 0.3 is 0 Å². The number of benzene rings is 3. The molecule has 3 aromatic carbocycles. The highest BCUT2D eigenvalue weighted by Gasteiger charge is 2.61. The predicted octanol–water partition coefficient (Wildman–Crippen LogP) is 6.26. The van der Waals surface area contributed by atoms with Crippen LogP contribution in [-0.2, 0) is 10.2 Å². The van der Waals surface area contributed by atoms with Gasteiger partial charge in [0.15, 0.2) is 0 Å². The maximum Gasteiger partial charge on any atom is 0.237 e. The molecule has 31 heavy (non-hydrogen) atoms. The summed E-state index contributed by atoms with van der Waals surface area (Å²) in [6, 6.07) is 21.8. The van der Waals surface area contributed by atoms with Crippen LogP contribution in [0.4, 0.5) is 5.69 Å². The van der Waals surface area contributed by atoms with Crippen LogP contribution in [-0.4, -0.2) is 12.5 Å². The standard InChI is InChI=1S/C26H24Cl2N2O/c1-15-6-3-4-9-20(15)24-26(21-11-10-19(28)13-22(21)30-25(26)31)23(16(2)14-29-24)17-7-5-8-18(27)12-17/h3-13,16,23-24,29H,14H2,1-2H3,(H,30,31)/t16-,23+,24-,26+/m1/s1. The van der Waals surface area contributed by atoms with Crippen molar-refractivity contribution in [1.82, 2.24) is 5.32 Å². The van der Waals surface area contributed by atoms with Crippen LogP contribution in [0.3, 0.4) is 0 Å². The number of fused-ring (bicyclic) bond motifs is 2. The van der Waals surface area contributed by atoms with Gasteiger partial charge in [0.05, 0.1) is 6.04 Å². The highest BCUT2D eigenvalue weighted by atomic mass is 35.5. The van der Waals surface area contributed by atoms with Crippen LogP contribution in [0.25, 0.3) is 0 Å². The number of hydrogen-bond donors (Lipinski definition) is 2. The fourth-order valence-corrected chi connectivity index (χ4v) is 6.06. The second-order valence-corrected chi connectivity index (χ2v) is 9.59. The van der Waals surface area contributed by atoms with Crippen LogP contribution in [0.2, 0.25) is 10.0 Å². The largest absolute Gasteiger partial charge is 0.325 e. The van der Waals surface area contributed by atoms with Gasteiger partial charge in [0.1, 0.15) is 5.41 Å². The maximum atomic E-state index is 14.0. The third-order valence-electron chi connectivity index (χ3n) is 6.92. The average Bonchev–Trinajstić information content (AvgIpc) is 3.00. The zero-order valence-electron chi connectivity index (χ0n) is 17.5. The van der Waals surface area contributed by atoms with E-state index >= 15 is 0 Å². The lowest BCUT2D eigenvalue weighted by Crippen LogP contribution is -2.58. The van der Waals surface area contributed by atoms with Crippen molar-refractivity contribution in [3.05, 3.63) is 99.0 Å². The first-order valence-corrected chi connectivity index (χ1v) is 11.3. The molecule has 2 aliphatic heterocycles. The minimum absolute atomic E-state index is 0.00189. The molecular weight excluding hydrogens is 427 g/mol. The first kappa shape index (κ1) is 20.6. The molecule has 0 radical (unpaired) electrons. The Morgan fingerprint density at radius 1 is 0.968 bits per heavy atom. The van der Waals surface area contributed by atoms with Crippen LogP contribution < -0.4 is 10.6 Å². The smallest absolute Gasteiger partial charge is 0.237 e. The molecule has 3 aromatic rings. The van der Waals surface area contributed by atoms with Crippen molar-refractivity contribution in [1.29, 1.82) is 0 Å². The lowest BCUT2D eigenvalue weighted by atomic mass is 9.56. The van der Waals surface area contributed by atoms with Gasteiger partial charge < -0.3 is 10.6 Å². The Balaban J connectivity index is 1.83. The summed E-state index contributed by atoms with van der Waals surface area (Å²) in [4.78, 5) is 14.0. The van der Waals surface area contributed by atoms with E-state index in [2.05, 4.69) is 42.7 Å². The maximum absolute atomic E-state index is 14.0. The van der Waals surface area contributed by atoms with Gasteiger partial charge in [-0.2, -0.15) is 0 Å². The quantitative estimate of drug-likeness (QED) is 0.483. The molecule has 1 spiro atoms. The third kappa shape index (κ3) is 3.10. The summed E-state index contributed by atoms with van der Waals surface area (Å²) in [7, 11) is 0. The number of rotatable bonds is 2. The van der Waals surface area contributed by atoms with E-state index in [1.54, 1.807) is 0 Å². The van der Waals surface area contributed by atoms with Crippen molar-refractivity contribution in [3.63, 3.8) is 0 Å². The van der Waals surface area contributed by atoms with E-state index in [4.69, 9.17) is 23.2 Å². The van der Waals surface area contributed by atoms with Crippen LogP contribution in [0.1, 0.15) is 41.1 Å². The fraction of sp³-hybridized carbons (Fsp3) is 0.269. The Hall–Kier alpha value is -2.33. The Morgan fingerprint density at radius 2 is 1.74 bits per heavy atom. The summed E-state index contributed by atoms with van der Waals surface area (Å²) in [6.45, 7) is 5.11. The highest BCUT2D eigenvalue weighted by Crippen LogP contribution is 2.59. The molecule has 0 saturated carbocycles. The molecule has 1 fully saturated rings. The highest BCUT2D eigenvalue weighted by molar-refractivity contribution is 6.31. The average molecular weight is 451 g/mol. The Morgan fingerprint density at radius 3 is 2.52 bits per heavy atom. The summed E-state index contributed by atoms with van der Waals surface area (Å²) in [5, 5.41) is 8.18. The van der Waals surface area contributed by atoms with Crippen molar-refractivity contribution in [2.75, 3.05) is 11.9 Å². The number of hydrogen-bond acceptors (Lipinski definition) is 2. The van der Waals surface area contributed by atoms with Gasteiger partial charge in [-0.05, 0) is 65.9 Å². The summed E-state index contributed by atoms with van der Waals surface area (Å²) in [6.07, 6.45) is 0. The summed E-state index contributed by atoms with van der Waals surface area (Å²) in [5.74, 6) is 0.160. The lowest BCUT2D eigenvalue weighted by molar-refractivity contribution is -0.124. The van der Waals surface area contributed by atoms with Crippen LogP contribution in [0.5, 0.6) is 0 Å². The van der Waals surface area contributed by atoms with Gasteiger partial charge in [-0.25, -0.2) is 0 Å². The van der Waals surface area contributed by atoms with E-state index in [1.165, 1.54) is 0 Å². The molecule has 2 heterocycles. The molecule has 0 aliphatic carbocycles. The summed E-state index contributed by atoms with van der Waals surface area (Å²) in [5.41, 5.74) is 4.33. The number of amides is 1. The van der Waals surface area contributed by atoms with Gasteiger partial charge in [0.25, 0.3) is 0 Å². The minimum Gasteiger partial charge on any atom is -0.325 e. The monoisotopic (exact) mass is 450 g/mol. The predicted molar refractivity (Wildman–Crippen MR) is 127 cm³/mol. The van der Waals surface area contributed by atoms with E-state index in [9.17, 15) is 4.79 Å². The molecule has 2 N–H and O–H groups in total. The van der Waals surface area contributed by atoms with E-state index in [0.717, 1.165) is 34.5 Å². The van der Waals surface area contributed by atoms with Crippen LogP contribution in [0, 0.1) is 12.8 Å². The van der Waals surface area contributed by atoms with E-state index in [-0.39, 0.29) is 23.8 Å². The number of anilines is 1. The number of piperidine rings is 1. The third-order valence-corrected chi connectivity index (χ3v) is 7.39. The fourth-order valence-electron chi connectivity index (χ4n) is 5.69. The zero-order chi connectivity index (χ0) is 21.8. The normalized spacial score (nSPS) is 27.2. The van der Waals surface area contributed by atoms with Crippen molar-refractivity contribution in [2.45, 2.75) is 31.2 Å². The molecule has 158 valence electrons. The molecule has 0 bridgehead atoms. The van der Waals surface area contributed by atoms with Gasteiger partial charge in [-0.1, -0.05) is 72.6 Å². The second kappa shape index (κ2) is 7.67. The molecule has 2 aliphatic rings. The first-order valence-electron chi connectivity index (χ1n) is 10.6. The van der Waals surface area contributed by atoms with E-state index < -0.39 is 5.41 Å². The van der Waals surface area contributed by atoms with Crippen molar-refractivity contribution in [2.24, 2.45) is 5.92 Å². The number of carbonyl (C=O) groups excluding carboxylic acids is 1. The van der Waals surface area contributed by atoms with Gasteiger partial charge in [-0.3, -0.25) is 4.79 Å². The van der Waals surface area contributed by atoms with Crippen molar-refractivity contribution >= 4 is 34.8 Å². The number of aryl methyl sites for hydroxylation is 1. The van der Waals surface area contributed by atoms with Crippen LogP contribution >= 0.6 is 23.2 Å². The molecule has 0 unspecified atom stereocenters. The number of halogens is 2. The molecule has 0 aromatic heterocycles. The van der Waals surface area contributed by atoms with E-state index in [0.29, 0.717) is 10.0 Å². The lowest BCUT2D eigenvalue weighted by Gasteiger charge is -2.50. The first-order chi connectivity index (χ1) is 14.9. The second-order valence-electron chi connectivity index (χ2n) is 8.72. The molecular formula is C26H24Cl2N2O. The SMILES string of the molecule is Cc1ccccc1[C@H]1NC[C@@H](C)[C@@H](c2cccc(Cl)c2)[C@]12C(=O)Nc1cc(Cl)ccc12. The van der Waals surface area contributed by atoms with Gasteiger partial charge in [0.2, 0.25) is 5.91 Å². The number of carbonyl (C=O) groups is 1. The molecule has 4 atom stereocenters. The molecule has 5 rings (SSSR count). The van der Waals surface area contributed by atoms with Crippen molar-refractivity contribution in [3.8, 4) is 0 Å². The topological polar surface area (TPSA) is 41.1 Å². The summed E-state index contributed by atoms with van der Waals surface area (Å²) < 4.78 is 0. The molecule has 1 saturated heterocycles. The van der Waals surface area contributed by atoms with E-state index in [1.807, 2.05) is 48.5 Å². The van der Waals surface area contributed by atoms with Gasteiger partial charge in [0, 0.05) is 21.7 Å². The Kier molecular flexibility index (Phi) is 5.09. The minimum atomic E-state index is -0.825. The van der Waals surface area contributed by atoms with Gasteiger partial charge in [-0.15, -0.1) is 0 Å². The van der Waals surface area contributed by atoms with Crippen LogP contribution in [0.15, 0.2) is 66.7 Å². The Labute approximate surface area is 192 Å². The molecule has 5 heteroatoms. The number of nitrogens with one attached hydrogen (secondary N) is 2. The zero-order valence-corrected chi connectivity index (χ0v) is 19.0. The Bertz CT molecular complexity index is 1180. The molecule has 3 nitrogen and oxygen atoms in total. The summed E-state index contributed by atoms with van der Waals surface area (Å²) >= 11 is 12.7. The van der Waals surface area contributed by atoms with Crippen molar-refractivity contribution < 1.29 is 4.79 Å².